The topological polar surface area (TPSA) is 30.0 Å². The van der Waals surface area contributed by atoms with Crippen LogP contribution in [0.2, 0.25) is 0 Å². The van der Waals surface area contributed by atoms with Gasteiger partial charge in [0.25, 0.3) is 0 Å². The van der Waals surface area contributed by atoms with E-state index in [2.05, 4.69) is 52.8 Å². The smallest absolute Gasteiger partial charge is 0.164 e. The standard InChI is InChI=1S/C23H19NOS/c25-22(19-9-5-13-24-15-19)10-4-8-20-16-26-23-14-18(11-12-21(20)23)17-6-2-1-3-7-17/h1-3,5-7,9,11-16H,4,8,10H2. The number of hydrogen-bond donors (Lipinski definition) is 0. The first-order chi connectivity index (χ1) is 12.8. The van der Waals surface area contributed by atoms with E-state index in [0.717, 1.165) is 12.8 Å². The lowest BCUT2D eigenvalue weighted by Gasteiger charge is -2.03. The minimum absolute atomic E-state index is 0.170. The molecule has 0 aliphatic heterocycles. The van der Waals surface area contributed by atoms with Crippen LogP contribution in [0.25, 0.3) is 21.2 Å². The van der Waals surface area contributed by atoms with E-state index in [1.54, 1.807) is 23.7 Å². The molecule has 0 unspecified atom stereocenters. The number of thiophene rings is 1. The summed E-state index contributed by atoms with van der Waals surface area (Å²) >= 11 is 1.78. The summed E-state index contributed by atoms with van der Waals surface area (Å²) in [6.07, 6.45) is 5.69. The molecule has 0 radical (unpaired) electrons. The molecule has 0 spiro atoms. The third-order valence-electron chi connectivity index (χ3n) is 4.60. The summed E-state index contributed by atoms with van der Waals surface area (Å²) in [6, 6.07) is 20.8. The molecule has 26 heavy (non-hydrogen) atoms. The Hall–Kier alpha value is -2.78. The van der Waals surface area contributed by atoms with Crippen LogP contribution in [0.5, 0.6) is 0 Å². The molecule has 0 bridgehead atoms. The fraction of sp³-hybridized carbons (Fsp3) is 0.130. The highest BCUT2D eigenvalue weighted by Gasteiger charge is 2.09. The zero-order valence-electron chi connectivity index (χ0n) is 14.4. The number of pyridine rings is 1. The maximum absolute atomic E-state index is 12.2. The minimum atomic E-state index is 0.170. The van der Waals surface area contributed by atoms with Crippen molar-refractivity contribution >= 4 is 27.2 Å². The lowest BCUT2D eigenvalue weighted by Crippen LogP contribution is -2.00. The molecule has 0 saturated carbocycles. The predicted octanol–water partition coefficient (Wildman–Crippen LogP) is 6.17. The number of fused-ring (bicyclic) bond motifs is 1. The van der Waals surface area contributed by atoms with Crippen molar-refractivity contribution < 1.29 is 4.79 Å². The van der Waals surface area contributed by atoms with E-state index >= 15 is 0 Å². The van der Waals surface area contributed by atoms with Gasteiger partial charge in [0.05, 0.1) is 0 Å². The summed E-state index contributed by atoms with van der Waals surface area (Å²) < 4.78 is 1.31. The van der Waals surface area contributed by atoms with Gasteiger partial charge in [-0.25, -0.2) is 0 Å². The average molecular weight is 357 g/mol. The molecule has 0 atom stereocenters. The van der Waals surface area contributed by atoms with Crippen molar-refractivity contribution in [2.24, 2.45) is 0 Å². The molecule has 0 amide bonds. The molecule has 2 aromatic carbocycles. The molecule has 2 nitrogen and oxygen atoms in total. The second kappa shape index (κ2) is 7.63. The monoisotopic (exact) mass is 357 g/mol. The molecule has 2 heterocycles. The van der Waals surface area contributed by atoms with E-state index in [4.69, 9.17) is 0 Å². The van der Waals surface area contributed by atoms with Gasteiger partial charge in [0, 0.05) is 29.1 Å². The highest BCUT2D eigenvalue weighted by atomic mass is 32.1. The summed E-state index contributed by atoms with van der Waals surface area (Å²) in [5.74, 6) is 0.170. The van der Waals surface area contributed by atoms with Gasteiger partial charge in [0.15, 0.2) is 5.78 Å². The number of rotatable bonds is 6. The van der Waals surface area contributed by atoms with Gasteiger partial charge in [-0.05, 0) is 58.5 Å². The van der Waals surface area contributed by atoms with Crippen LogP contribution in [-0.4, -0.2) is 10.8 Å². The Balaban J connectivity index is 1.45. The minimum Gasteiger partial charge on any atom is -0.294 e. The summed E-state index contributed by atoms with van der Waals surface area (Å²) in [4.78, 5) is 16.2. The summed E-state index contributed by atoms with van der Waals surface area (Å²) in [5, 5.41) is 3.54. The molecule has 4 rings (SSSR count). The second-order valence-electron chi connectivity index (χ2n) is 6.36. The van der Waals surface area contributed by atoms with Gasteiger partial charge < -0.3 is 0 Å². The van der Waals surface area contributed by atoms with Crippen molar-refractivity contribution in [3.63, 3.8) is 0 Å². The van der Waals surface area contributed by atoms with Crippen LogP contribution in [0.4, 0.5) is 0 Å². The molecule has 0 fully saturated rings. The van der Waals surface area contributed by atoms with Crippen molar-refractivity contribution in [2.75, 3.05) is 0 Å². The third-order valence-corrected chi connectivity index (χ3v) is 5.59. The SMILES string of the molecule is O=C(CCCc1csc2cc(-c3ccccc3)ccc12)c1cccnc1. The quantitative estimate of drug-likeness (QED) is 0.386. The Morgan fingerprint density at radius 3 is 2.65 bits per heavy atom. The number of aryl methyl sites for hydroxylation is 1. The maximum Gasteiger partial charge on any atom is 0.164 e. The number of ketones is 1. The first kappa shape index (κ1) is 16.7. The van der Waals surface area contributed by atoms with E-state index in [0.29, 0.717) is 12.0 Å². The molecule has 0 aliphatic rings. The number of carbonyl (C=O) groups excluding carboxylic acids is 1. The van der Waals surface area contributed by atoms with Crippen molar-refractivity contribution in [1.29, 1.82) is 0 Å². The number of Topliss-reactive ketones (excluding diaryl/α,β-unsaturated/α-hetero) is 1. The van der Waals surface area contributed by atoms with Gasteiger partial charge in [-0.15, -0.1) is 11.3 Å². The lowest BCUT2D eigenvalue weighted by atomic mass is 10.0. The van der Waals surface area contributed by atoms with Crippen LogP contribution >= 0.6 is 11.3 Å². The number of benzene rings is 2. The summed E-state index contributed by atoms with van der Waals surface area (Å²) in [7, 11) is 0. The predicted molar refractivity (Wildman–Crippen MR) is 109 cm³/mol. The first-order valence-corrected chi connectivity index (χ1v) is 9.68. The Kier molecular flexibility index (Phi) is 4.89. The number of nitrogens with zero attached hydrogens (tertiary/aromatic N) is 1. The molecule has 0 aliphatic carbocycles. The normalized spacial score (nSPS) is 10.9. The van der Waals surface area contributed by atoms with Gasteiger partial charge in [-0.2, -0.15) is 0 Å². The van der Waals surface area contributed by atoms with Gasteiger partial charge in [0.1, 0.15) is 0 Å². The van der Waals surface area contributed by atoms with Crippen molar-refractivity contribution in [1.82, 2.24) is 4.98 Å². The Morgan fingerprint density at radius 2 is 1.85 bits per heavy atom. The van der Waals surface area contributed by atoms with Crippen LogP contribution in [0.3, 0.4) is 0 Å². The summed E-state index contributed by atoms with van der Waals surface area (Å²) in [5.41, 5.74) is 4.53. The van der Waals surface area contributed by atoms with Crippen LogP contribution in [0.15, 0.2) is 78.4 Å². The molecule has 128 valence electrons. The van der Waals surface area contributed by atoms with Gasteiger partial charge in [-0.1, -0.05) is 42.5 Å². The Labute approximate surface area is 157 Å². The maximum atomic E-state index is 12.2. The third kappa shape index (κ3) is 3.58. The zero-order chi connectivity index (χ0) is 17.8. The highest BCUT2D eigenvalue weighted by Crippen LogP contribution is 2.31. The highest BCUT2D eigenvalue weighted by molar-refractivity contribution is 7.17. The van der Waals surface area contributed by atoms with E-state index < -0.39 is 0 Å². The fourth-order valence-corrected chi connectivity index (χ4v) is 4.23. The van der Waals surface area contributed by atoms with Crippen LogP contribution < -0.4 is 0 Å². The molecular formula is C23H19NOS. The lowest BCUT2D eigenvalue weighted by molar-refractivity contribution is 0.0980. The Morgan fingerprint density at radius 1 is 0.962 bits per heavy atom. The van der Waals surface area contributed by atoms with Crippen LogP contribution in [-0.2, 0) is 6.42 Å². The number of hydrogen-bond acceptors (Lipinski definition) is 3. The molecular weight excluding hydrogens is 338 g/mol. The van der Waals surface area contributed by atoms with Gasteiger partial charge >= 0.3 is 0 Å². The summed E-state index contributed by atoms with van der Waals surface area (Å²) in [6.45, 7) is 0. The average Bonchev–Trinajstić information content (AvgIpc) is 3.11. The molecule has 0 saturated heterocycles. The number of aromatic nitrogens is 1. The van der Waals surface area contributed by atoms with E-state index in [9.17, 15) is 4.79 Å². The second-order valence-corrected chi connectivity index (χ2v) is 7.27. The zero-order valence-corrected chi connectivity index (χ0v) is 15.2. The van der Waals surface area contributed by atoms with E-state index in [-0.39, 0.29) is 5.78 Å². The van der Waals surface area contributed by atoms with E-state index in [1.165, 1.54) is 26.8 Å². The number of carbonyl (C=O) groups is 1. The van der Waals surface area contributed by atoms with Crippen LogP contribution in [0, 0.1) is 0 Å². The molecule has 2 aromatic heterocycles. The molecule has 3 heteroatoms. The molecule has 0 N–H and O–H groups in total. The van der Waals surface area contributed by atoms with E-state index in [1.807, 2.05) is 18.2 Å². The first-order valence-electron chi connectivity index (χ1n) is 8.80. The molecule has 4 aromatic rings. The van der Waals surface area contributed by atoms with Gasteiger partial charge in [-0.3, -0.25) is 9.78 Å². The largest absolute Gasteiger partial charge is 0.294 e. The van der Waals surface area contributed by atoms with Crippen molar-refractivity contribution in [2.45, 2.75) is 19.3 Å². The van der Waals surface area contributed by atoms with Gasteiger partial charge in [0.2, 0.25) is 0 Å². The van der Waals surface area contributed by atoms with Crippen molar-refractivity contribution in [3.8, 4) is 11.1 Å². The Bertz CT molecular complexity index is 1020. The van der Waals surface area contributed by atoms with Crippen LogP contribution in [0.1, 0.15) is 28.8 Å². The van der Waals surface area contributed by atoms with Crippen molar-refractivity contribution in [3.05, 3.63) is 89.6 Å². The fourth-order valence-electron chi connectivity index (χ4n) is 3.20.